The molecular weight excluding hydrogens is 255 g/mol. The van der Waals surface area contributed by atoms with Gasteiger partial charge in [-0.1, -0.05) is 12.1 Å². The van der Waals surface area contributed by atoms with E-state index < -0.39 is 0 Å². The molecule has 0 aliphatic carbocycles. The topological polar surface area (TPSA) is 51.0 Å². The van der Waals surface area contributed by atoms with E-state index in [2.05, 4.69) is 11.1 Å². The lowest BCUT2D eigenvalue weighted by Gasteiger charge is -2.04. The number of rotatable bonds is 4. The van der Waals surface area contributed by atoms with Crippen LogP contribution in [0.1, 0.15) is 11.3 Å². The fourth-order valence-electron chi connectivity index (χ4n) is 2.16. The number of fused-ring (bicyclic) bond motifs is 1. The van der Waals surface area contributed by atoms with E-state index in [9.17, 15) is 4.39 Å². The Morgan fingerprint density at radius 1 is 1.10 bits per heavy atom. The molecule has 1 aromatic heterocycles. The van der Waals surface area contributed by atoms with Crippen molar-refractivity contribution in [2.45, 2.75) is 13.2 Å². The van der Waals surface area contributed by atoms with E-state index in [0.717, 1.165) is 22.2 Å². The van der Waals surface area contributed by atoms with Gasteiger partial charge in [0.05, 0.1) is 5.69 Å². The molecule has 3 aromatic rings. The van der Waals surface area contributed by atoms with Crippen LogP contribution in [-0.2, 0) is 13.2 Å². The molecule has 0 fully saturated rings. The maximum atomic E-state index is 13.0. The minimum Gasteiger partial charge on any atom is -0.487 e. The third kappa shape index (κ3) is 2.65. The van der Waals surface area contributed by atoms with Gasteiger partial charge in [0.1, 0.15) is 18.2 Å². The van der Waals surface area contributed by atoms with Crippen molar-refractivity contribution in [1.29, 1.82) is 0 Å². The molecule has 3 nitrogen and oxygen atoms in total. The number of hydrogen-bond acceptors (Lipinski definition) is 2. The molecule has 20 heavy (non-hydrogen) atoms. The van der Waals surface area contributed by atoms with Crippen molar-refractivity contribution in [3.05, 3.63) is 65.6 Å². The number of halogens is 1. The second-order valence-electron chi connectivity index (χ2n) is 4.67. The van der Waals surface area contributed by atoms with E-state index in [4.69, 9.17) is 10.5 Å². The van der Waals surface area contributed by atoms with Crippen molar-refractivity contribution >= 4 is 10.9 Å². The van der Waals surface area contributed by atoms with Crippen molar-refractivity contribution in [3.63, 3.8) is 0 Å². The summed E-state index contributed by atoms with van der Waals surface area (Å²) >= 11 is 0. The van der Waals surface area contributed by atoms with Crippen molar-refractivity contribution in [2.24, 2.45) is 5.73 Å². The average molecular weight is 270 g/mol. The standard InChI is InChI=1S/C16H15FN2O/c17-13-2-1-3-15(8-13)20-10-14-7-12-6-11(9-18)4-5-16(12)19-14/h1-8,19H,9-10,18H2. The summed E-state index contributed by atoms with van der Waals surface area (Å²) in [4.78, 5) is 3.27. The van der Waals surface area contributed by atoms with Gasteiger partial charge in [0.25, 0.3) is 0 Å². The normalized spacial score (nSPS) is 10.9. The van der Waals surface area contributed by atoms with E-state index in [1.165, 1.54) is 12.1 Å². The zero-order valence-corrected chi connectivity index (χ0v) is 10.9. The van der Waals surface area contributed by atoms with Crippen LogP contribution >= 0.6 is 0 Å². The Kier molecular flexibility index (Phi) is 3.39. The van der Waals surface area contributed by atoms with Gasteiger partial charge in [0.2, 0.25) is 0 Å². The monoisotopic (exact) mass is 270 g/mol. The molecule has 0 spiro atoms. The van der Waals surface area contributed by atoms with Crippen LogP contribution in [0.25, 0.3) is 10.9 Å². The van der Waals surface area contributed by atoms with Crippen LogP contribution in [0.3, 0.4) is 0 Å². The Labute approximate surface area is 116 Å². The molecule has 2 aromatic carbocycles. The zero-order chi connectivity index (χ0) is 13.9. The lowest BCUT2D eigenvalue weighted by atomic mass is 10.1. The molecule has 102 valence electrons. The molecule has 4 heteroatoms. The van der Waals surface area contributed by atoms with Gasteiger partial charge in [-0.15, -0.1) is 0 Å². The second kappa shape index (κ2) is 5.35. The number of nitrogens with two attached hydrogens (primary N) is 1. The Morgan fingerprint density at radius 2 is 2.00 bits per heavy atom. The Morgan fingerprint density at radius 3 is 2.80 bits per heavy atom. The van der Waals surface area contributed by atoms with Gasteiger partial charge >= 0.3 is 0 Å². The number of benzene rings is 2. The first kappa shape index (κ1) is 12.7. The summed E-state index contributed by atoms with van der Waals surface area (Å²) in [6.07, 6.45) is 0. The van der Waals surface area contributed by atoms with Crippen LogP contribution in [0.4, 0.5) is 4.39 Å². The first-order valence-corrected chi connectivity index (χ1v) is 6.43. The molecule has 0 saturated carbocycles. The number of aromatic nitrogens is 1. The number of hydrogen-bond donors (Lipinski definition) is 2. The molecule has 0 saturated heterocycles. The predicted octanol–water partition coefficient (Wildman–Crippen LogP) is 3.34. The van der Waals surface area contributed by atoms with E-state index in [0.29, 0.717) is 18.9 Å². The fraction of sp³-hybridized carbons (Fsp3) is 0.125. The van der Waals surface area contributed by atoms with Crippen LogP contribution in [-0.4, -0.2) is 4.98 Å². The lowest BCUT2D eigenvalue weighted by molar-refractivity contribution is 0.301. The summed E-state index contributed by atoms with van der Waals surface area (Å²) in [5, 5.41) is 1.10. The highest BCUT2D eigenvalue weighted by Gasteiger charge is 2.03. The molecule has 0 aliphatic heterocycles. The maximum Gasteiger partial charge on any atom is 0.128 e. The number of H-pyrrole nitrogens is 1. The largest absolute Gasteiger partial charge is 0.487 e. The summed E-state index contributed by atoms with van der Waals surface area (Å²) in [6, 6.07) is 14.2. The molecule has 1 heterocycles. The third-order valence-electron chi connectivity index (χ3n) is 3.17. The van der Waals surface area contributed by atoms with Crippen LogP contribution in [0.5, 0.6) is 5.75 Å². The molecule has 0 aliphatic rings. The molecule has 0 unspecified atom stereocenters. The summed E-state index contributed by atoms with van der Waals surface area (Å²) in [6.45, 7) is 0.895. The van der Waals surface area contributed by atoms with Gasteiger partial charge in [-0.2, -0.15) is 0 Å². The Hall–Kier alpha value is -2.33. The first-order chi connectivity index (χ1) is 9.74. The lowest BCUT2D eigenvalue weighted by Crippen LogP contribution is -1.95. The van der Waals surface area contributed by atoms with Gasteiger partial charge in [-0.3, -0.25) is 0 Å². The molecule has 0 radical (unpaired) electrons. The summed E-state index contributed by atoms with van der Waals surface area (Å²) in [5.41, 5.74) is 8.70. The highest BCUT2D eigenvalue weighted by molar-refractivity contribution is 5.81. The van der Waals surface area contributed by atoms with Crippen molar-refractivity contribution in [1.82, 2.24) is 4.98 Å². The molecule has 0 atom stereocenters. The van der Waals surface area contributed by atoms with E-state index in [1.54, 1.807) is 12.1 Å². The average Bonchev–Trinajstić information content (AvgIpc) is 2.87. The van der Waals surface area contributed by atoms with Gasteiger partial charge in [0, 0.05) is 23.5 Å². The predicted molar refractivity (Wildman–Crippen MR) is 76.9 cm³/mol. The quantitative estimate of drug-likeness (QED) is 0.764. The minimum absolute atomic E-state index is 0.299. The molecule has 3 N–H and O–H groups in total. The van der Waals surface area contributed by atoms with E-state index in [-0.39, 0.29) is 5.82 Å². The Bertz CT molecular complexity index is 736. The Balaban J connectivity index is 1.77. The smallest absolute Gasteiger partial charge is 0.128 e. The van der Waals surface area contributed by atoms with Crippen molar-refractivity contribution < 1.29 is 9.13 Å². The maximum absolute atomic E-state index is 13.0. The molecule has 3 rings (SSSR count). The number of aromatic amines is 1. The third-order valence-corrected chi connectivity index (χ3v) is 3.17. The van der Waals surface area contributed by atoms with E-state index >= 15 is 0 Å². The van der Waals surface area contributed by atoms with Gasteiger partial charge < -0.3 is 15.5 Å². The van der Waals surface area contributed by atoms with E-state index in [1.807, 2.05) is 18.2 Å². The number of ether oxygens (including phenoxy) is 1. The van der Waals surface area contributed by atoms with Crippen LogP contribution in [0, 0.1) is 5.82 Å². The fourth-order valence-corrected chi connectivity index (χ4v) is 2.16. The first-order valence-electron chi connectivity index (χ1n) is 6.43. The SMILES string of the molecule is NCc1ccc2[nH]c(COc3cccc(F)c3)cc2c1. The molecular formula is C16H15FN2O. The number of nitrogens with one attached hydrogen (secondary N) is 1. The minimum atomic E-state index is -0.299. The summed E-state index contributed by atoms with van der Waals surface area (Å²) < 4.78 is 18.6. The highest BCUT2D eigenvalue weighted by atomic mass is 19.1. The molecule has 0 amide bonds. The zero-order valence-electron chi connectivity index (χ0n) is 10.9. The van der Waals surface area contributed by atoms with Gasteiger partial charge in [0.15, 0.2) is 0 Å². The van der Waals surface area contributed by atoms with Gasteiger partial charge in [-0.25, -0.2) is 4.39 Å². The highest BCUT2D eigenvalue weighted by Crippen LogP contribution is 2.19. The summed E-state index contributed by atoms with van der Waals surface area (Å²) in [7, 11) is 0. The second-order valence-corrected chi connectivity index (χ2v) is 4.67. The van der Waals surface area contributed by atoms with Crippen LogP contribution < -0.4 is 10.5 Å². The van der Waals surface area contributed by atoms with Crippen molar-refractivity contribution in [3.8, 4) is 5.75 Å². The van der Waals surface area contributed by atoms with Crippen molar-refractivity contribution in [2.75, 3.05) is 0 Å². The van der Waals surface area contributed by atoms with Crippen LogP contribution in [0.2, 0.25) is 0 Å². The van der Waals surface area contributed by atoms with Crippen LogP contribution in [0.15, 0.2) is 48.5 Å². The van der Waals surface area contributed by atoms with Gasteiger partial charge in [-0.05, 0) is 35.9 Å². The summed E-state index contributed by atoms with van der Waals surface area (Å²) in [5.74, 6) is 0.220. The molecule has 0 bridgehead atoms.